The molecule has 1 aromatic heterocycles. The average molecular weight is 423 g/mol. The Kier molecular flexibility index (Phi) is 7.03. The van der Waals surface area contributed by atoms with Gasteiger partial charge in [-0.25, -0.2) is 9.78 Å². The smallest absolute Gasteiger partial charge is 0.344 e. The van der Waals surface area contributed by atoms with E-state index in [0.717, 1.165) is 0 Å². The predicted molar refractivity (Wildman–Crippen MR) is 98.4 cm³/mol. The number of carbonyl (C=O) groups is 1. The van der Waals surface area contributed by atoms with E-state index in [-0.39, 0.29) is 18.1 Å². The largest absolute Gasteiger partial charge is 0.481 e. The van der Waals surface area contributed by atoms with Crippen molar-refractivity contribution in [3.05, 3.63) is 56.7 Å². The molecule has 0 fully saturated rings. The van der Waals surface area contributed by atoms with Crippen LogP contribution in [0.2, 0.25) is 0 Å². The Morgan fingerprint density at radius 3 is 2.96 bits per heavy atom. The molecule has 0 atom stereocenters. The number of hydrogen-bond donors (Lipinski definition) is 1. The summed E-state index contributed by atoms with van der Waals surface area (Å²) in [6, 6.07) is 7.89. The summed E-state index contributed by atoms with van der Waals surface area (Å²) in [5, 5.41) is 14.9. The van der Waals surface area contributed by atoms with Gasteiger partial charge in [0.15, 0.2) is 6.61 Å². The Bertz CT molecular complexity index is 828. The fraction of sp³-hybridized carbons (Fsp3) is 0.188. The minimum Gasteiger partial charge on any atom is -0.481 e. The van der Waals surface area contributed by atoms with Crippen LogP contribution < -0.4 is 10.2 Å². The molecule has 0 radical (unpaired) electrons. The van der Waals surface area contributed by atoms with Crippen LogP contribution in [0.5, 0.6) is 5.75 Å². The highest BCUT2D eigenvalue weighted by molar-refractivity contribution is 9.10. The number of nitrogens with zero attached hydrogens (tertiary/aromatic N) is 3. The first-order chi connectivity index (χ1) is 12.5. The molecule has 0 aliphatic carbocycles. The summed E-state index contributed by atoms with van der Waals surface area (Å²) in [6.07, 6.45) is 2.90. The first kappa shape index (κ1) is 19.3. The van der Waals surface area contributed by atoms with Gasteiger partial charge < -0.3 is 9.47 Å². The maximum atomic E-state index is 11.3. The normalized spacial score (nSPS) is 10.5. The second-order valence-corrected chi connectivity index (χ2v) is 5.64. The Morgan fingerprint density at radius 2 is 2.27 bits per heavy atom. The molecule has 9 nitrogen and oxygen atoms in total. The molecule has 0 aliphatic heterocycles. The molecule has 136 valence electrons. The van der Waals surface area contributed by atoms with Gasteiger partial charge in [0.2, 0.25) is 5.82 Å². The number of nitrogens with one attached hydrogen (secondary N) is 1. The fourth-order valence-electron chi connectivity index (χ4n) is 1.85. The van der Waals surface area contributed by atoms with Crippen molar-refractivity contribution in [3.8, 4) is 5.75 Å². The number of carbonyl (C=O) groups excluding carboxylic acids is 1. The number of hydrogen-bond acceptors (Lipinski definition) is 8. The van der Waals surface area contributed by atoms with Crippen LogP contribution >= 0.6 is 15.9 Å². The average Bonchev–Trinajstić information content (AvgIpc) is 2.61. The van der Waals surface area contributed by atoms with Gasteiger partial charge in [-0.15, -0.1) is 0 Å². The van der Waals surface area contributed by atoms with E-state index in [1.54, 1.807) is 25.1 Å². The van der Waals surface area contributed by atoms with Crippen molar-refractivity contribution in [3.63, 3.8) is 0 Å². The third-order valence-electron chi connectivity index (χ3n) is 2.97. The minimum atomic E-state index is -0.545. The lowest BCUT2D eigenvalue weighted by Gasteiger charge is -2.08. The van der Waals surface area contributed by atoms with Crippen molar-refractivity contribution < 1.29 is 19.2 Å². The second-order valence-electron chi connectivity index (χ2n) is 4.78. The third kappa shape index (κ3) is 5.52. The van der Waals surface area contributed by atoms with E-state index in [0.29, 0.717) is 22.4 Å². The molecular weight excluding hydrogens is 408 g/mol. The second kappa shape index (κ2) is 9.47. The number of ether oxygens (including phenoxy) is 2. The van der Waals surface area contributed by atoms with Crippen molar-refractivity contribution >= 4 is 39.6 Å². The van der Waals surface area contributed by atoms with Gasteiger partial charge in [-0.2, -0.15) is 5.10 Å². The molecule has 1 aromatic carbocycles. The Hall–Kier alpha value is -3.01. The minimum absolute atomic E-state index is 0.0437. The Labute approximate surface area is 157 Å². The van der Waals surface area contributed by atoms with Gasteiger partial charge in [0.25, 0.3) is 0 Å². The van der Waals surface area contributed by atoms with Crippen molar-refractivity contribution in [1.82, 2.24) is 4.98 Å². The SMILES string of the molecule is CCOC(=O)COc1ccc(/C=N\Nc2ncccc2[N+](=O)[O-])cc1Br. The first-order valence-electron chi connectivity index (χ1n) is 7.47. The van der Waals surface area contributed by atoms with Crippen molar-refractivity contribution in [2.45, 2.75) is 6.92 Å². The van der Waals surface area contributed by atoms with E-state index in [4.69, 9.17) is 9.47 Å². The van der Waals surface area contributed by atoms with Gasteiger partial charge in [0, 0.05) is 12.3 Å². The van der Waals surface area contributed by atoms with E-state index in [9.17, 15) is 14.9 Å². The lowest BCUT2D eigenvalue weighted by molar-refractivity contribution is -0.384. The van der Waals surface area contributed by atoms with Crippen LogP contribution in [-0.4, -0.2) is 35.3 Å². The number of anilines is 1. The molecule has 0 spiro atoms. The monoisotopic (exact) mass is 422 g/mol. The lowest BCUT2D eigenvalue weighted by atomic mass is 10.2. The number of esters is 1. The van der Waals surface area contributed by atoms with E-state index in [1.807, 2.05) is 0 Å². The molecule has 0 amide bonds. The van der Waals surface area contributed by atoms with E-state index in [2.05, 4.69) is 31.4 Å². The Balaban J connectivity index is 2.00. The van der Waals surface area contributed by atoms with E-state index in [1.165, 1.54) is 24.5 Å². The molecule has 0 saturated carbocycles. The molecule has 0 aliphatic rings. The zero-order valence-electron chi connectivity index (χ0n) is 13.7. The summed E-state index contributed by atoms with van der Waals surface area (Å²) >= 11 is 3.34. The van der Waals surface area contributed by atoms with Crippen LogP contribution in [-0.2, 0) is 9.53 Å². The van der Waals surface area contributed by atoms with Gasteiger partial charge in [-0.3, -0.25) is 15.5 Å². The number of hydrazone groups is 1. The van der Waals surface area contributed by atoms with Crippen LogP contribution in [0, 0.1) is 10.1 Å². The summed E-state index contributed by atoms with van der Waals surface area (Å²) in [4.78, 5) is 25.5. The standard InChI is InChI=1S/C16H15BrN4O5/c1-2-25-15(22)10-26-14-6-5-11(8-12(14)17)9-19-20-16-13(21(23)24)4-3-7-18-16/h3-9H,2,10H2,1H3,(H,18,20)/b19-9-. The number of pyridine rings is 1. The van der Waals surface area contributed by atoms with Crippen molar-refractivity contribution in [2.75, 3.05) is 18.6 Å². The van der Waals surface area contributed by atoms with Crippen molar-refractivity contribution in [2.24, 2.45) is 5.10 Å². The molecule has 26 heavy (non-hydrogen) atoms. The molecule has 0 unspecified atom stereocenters. The molecule has 1 heterocycles. The number of rotatable bonds is 8. The van der Waals surface area contributed by atoms with Crippen LogP contribution in [0.15, 0.2) is 46.1 Å². The first-order valence-corrected chi connectivity index (χ1v) is 8.27. The third-order valence-corrected chi connectivity index (χ3v) is 3.59. The highest BCUT2D eigenvalue weighted by Crippen LogP contribution is 2.25. The summed E-state index contributed by atoms with van der Waals surface area (Å²) in [5.74, 6) is 0.0666. The highest BCUT2D eigenvalue weighted by Gasteiger charge is 2.13. The molecule has 2 rings (SSSR count). The predicted octanol–water partition coefficient (Wildman–Crippen LogP) is 3.14. The van der Waals surface area contributed by atoms with E-state index < -0.39 is 10.9 Å². The maximum Gasteiger partial charge on any atom is 0.344 e. The van der Waals surface area contributed by atoms with Gasteiger partial charge in [0.1, 0.15) is 5.75 Å². The maximum absolute atomic E-state index is 11.3. The quantitative estimate of drug-likeness (QED) is 0.300. The van der Waals surface area contributed by atoms with Crippen LogP contribution in [0.3, 0.4) is 0 Å². The zero-order valence-corrected chi connectivity index (χ0v) is 15.3. The van der Waals surface area contributed by atoms with Gasteiger partial charge in [-0.1, -0.05) is 0 Å². The van der Waals surface area contributed by atoms with Gasteiger partial charge in [0.05, 0.1) is 22.2 Å². The van der Waals surface area contributed by atoms with E-state index >= 15 is 0 Å². The molecule has 10 heteroatoms. The molecule has 2 aromatic rings. The topological polar surface area (TPSA) is 116 Å². The fourth-order valence-corrected chi connectivity index (χ4v) is 2.36. The lowest BCUT2D eigenvalue weighted by Crippen LogP contribution is -2.14. The highest BCUT2D eigenvalue weighted by atomic mass is 79.9. The zero-order chi connectivity index (χ0) is 18.9. The van der Waals surface area contributed by atoms with Crippen LogP contribution in [0.4, 0.5) is 11.5 Å². The Morgan fingerprint density at radius 1 is 1.46 bits per heavy atom. The number of aromatic nitrogens is 1. The number of halogens is 1. The summed E-state index contributed by atoms with van der Waals surface area (Å²) < 4.78 is 10.8. The molecule has 0 bridgehead atoms. The summed E-state index contributed by atoms with van der Waals surface area (Å²) in [6.45, 7) is 1.82. The van der Waals surface area contributed by atoms with Crippen molar-refractivity contribution in [1.29, 1.82) is 0 Å². The molecule has 1 N–H and O–H groups in total. The van der Waals surface area contributed by atoms with Crippen LogP contribution in [0.1, 0.15) is 12.5 Å². The summed E-state index contributed by atoms with van der Waals surface area (Å²) in [5.41, 5.74) is 3.07. The van der Waals surface area contributed by atoms with Gasteiger partial charge >= 0.3 is 11.7 Å². The summed E-state index contributed by atoms with van der Waals surface area (Å²) in [7, 11) is 0. The molecular formula is C16H15BrN4O5. The number of benzene rings is 1. The van der Waals surface area contributed by atoms with Gasteiger partial charge in [-0.05, 0) is 52.7 Å². The molecule has 0 saturated heterocycles. The van der Waals surface area contributed by atoms with Crippen LogP contribution in [0.25, 0.3) is 0 Å². The number of nitro groups is 1.